The van der Waals surface area contributed by atoms with Crippen molar-refractivity contribution in [2.45, 2.75) is 77.2 Å². The number of amides is 2. The van der Waals surface area contributed by atoms with Crippen LogP contribution >= 0.6 is 0 Å². The summed E-state index contributed by atoms with van der Waals surface area (Å²) in [5.41, 5.74) is 1.25. The lowest BCUT2D eigenvalue weighted by molar-refractivity contribution is -0.132. The van der Waals surface area contributed by atoms with Gasteiger partial charge in [0.15, 0.2) is 5.76 Å². The molecule has 1 aromatic heterocycles. The van der Waals surface area contributed by atoms with Crippen molar-refractivity contribution in [2.75, 3.05) is 13.1 Å². The van der Waals surface area contributed by atoms with E-state index in [1.165, 1.54) is 19.3 Å². The molecule has 3 aliphatic carbocycles. The minimum atomic E-state index is -0.122. The molecule has 6 heteroatoms. The third kappa shape index (κ3) is 4.36. The highest BCUT2D eigenvalue weighted by molar-refractivity contribution is 5.96. The first-order chi connectivity index (χ1) is 13.0. The number of hydrogen-bond donors (Lipinski definition) is 1. The second kappa shape index (κ2) is 7.64. The number of aromatic nitrogens is 1. The molecule has 0 radical (unpaired) electrons. The van der Waals surface area contributed by atoms with Crippen LogP contribution in [0.4, 0.5) is 0 Å². The summed E-state index contributed by atoms with van der Waals surface area (Å²) >= 11 is 0. The van der Waals surface area contributed by atoms with Gasteiger partial charge < -0.3 is 14.7 Å². The SMILES string of the molecule is Cc1noc(C2CC2)c1C(=O)NCCN(C(=O)CC1CCC(C)C1)C1CC1. The highest BCUT2D eigenvalue weighted by atomic mass is 16.5. The fourth-order valence-corrected chi connectivity index (χ4v) is 4.44. The Balaban J connectivity index is 1.29. The minimum Gasteiger partial charge on any atom is -0.360 e. The second-order valence-corrected chi connectivity index (χ2v) is 8.84. The van der Waals surface area contributed by atoms with Crippen molar-refractivity contribution in [1.29, 1.82) is 0 Å². The molecule has 27 heavy (non-hydrogen) atoms. The molecule has 6 nitrogen and oxygen atoms in total. The molecule has 3 saturated carbocycles. The second-order valence-electron chi connectivity index (χ2n) is 8.84. The molecule has 3 aliphatic rings. The summed E-state index contributed by atoms with van der Waals surface area (Å²) in [6.07, 6.45) is 8.60. The quantitative estimate of drug-likeness (QED) is 0.758. The van der Waals surface area contributed by atoms with Gasteiger partial charge in [-0.05, 0) is 57.3 Å². The molecule has 2 unspecified atom stereocenters. The maximum absolute atomic E-state index is 12.8. The maximum atomic E-state index is 12.8. The maximum Gasteiger partial charge on any atom is 0.256 e. The number of nitrogens with one attached hydrogen (secondary N) is 1. The minimum absolute atomic E-state index is 0.122. The largest absolute Gasteiger partial charge is 0.360 e. The molecule has 0 bridgehead atoms. The molecule has 2 atom stereocenters. The molecule has 0 aromatic carbocycles. The molecular formula is C21H31N3O3. The smallest absolute Gasteiger partial charge is 0.256 e. The van der Waals surface area contributed by atoms with Gasteiger partial charge in [0.1, 0.15) is 5.56 Å². The van der Waals surface area contributed by atoms with E-state index in [-0.39, 0.29) is 11.8 Å². The number of carbonyl (C=O) groups is 2. The van der Waals surface area contributed by atoms with Gasteiger partial charge in [0.2, 0.25) is 5.91 Å². The molecular weight excluding hydrogens is 342 g/mol. The van der Waals surface area contributed by atoms with E-state index in [9.17, 15) is 9.59 Å². The Morgan fingerprint density at radius 1 is 1.19 bits per heavy atom. The Bertz CT molecular complexity index is 706. The standard InChI is InChI=1S/C21H31N3O3/c1-13-3-4-15(11-13)12-18(25)24(17-7-8-17)10-9-22-21(26)19-14(2)23-27-20(19)16-5-6-16/h13,15-17H,3-12H2,1-2H3,(H,22,26). The molecule has 148 valence electrons. The monoisotopic (exact) mass is 373 g/mol. The van der Waals surface area contributed by atoms with Crippen LogP contribution in [0.25, 0.3) is 0 Å². The van der Waals surface area contributed by atoms with Gasteiger partial charge in [0.25, 0.3) is 5.91 Å². The van der Waals surface area contributed by atoms with E-state index in [1.54, 1.807) is 0 Å². The van der Waals surface area contributed by atoms with E-state index in [1.807, 2.05) is 11.8 Å². The zero-order valence-corrected chi connectivity index (χ0v) is 16.5. The van der Waals surface area contributed by atoms with Crippen LogP contribution in [0.2, 0.25) is 0 Å². The van der Waals surface area contributed by atoms with Gasteiger partial charge in [-0.3, -0.25) is 9.59 Å². The fraction of sp³-hybridized carbons (Fsp3) is 0.762. The Morgan fingerprint density at radius 2 is 1.96 bits per heavy atom. The first kappa shape index (κ1) is 18.5. The van der Waals surface area contributed by atoms with Crippen LogP contribution in [0.5, 0.6) is 0 Å². The van der Waals surface area contributed by atoms with Crippen LogP contribution in [0.3, 0.4) is 0 Å². The summed E-state index contributed by atoms with van der Waals surface area (Å²) in [5.74, 6) is 2.53. The molecule has 3 fully saturated rings. The molecule has 0 spiro atoms. The van der Waals surface area contributed by atoms with Gasteiger partial charge in [0, 0.05) is 31.5 Å². The van der Waals surface area contributed by atoms with E-state index < -0.39 is 0 Å². The lowest BCUT2D eigenvalue weighted by atomic mass is 10.0. The van der Waals surface area contributed by atoms with Crippen LogP contribution in [-0.2, 0) is 4.79 Å². The Kier molecular flexibility index (Phi) is 5.24. The van der Waals surface area contributed by atoms with Gasteiger partial charge in [-0.2, -0.15) is 0 Å². The van der Waals surface area contributed by atoms with Gasteiger partial charge in [-0.1, -0.05) is 18.5 Å². The van der Waals surface area contributed by atoms with Crippen LogP contribution in [-0.4, -0.2) is 41.0 Å². The van der Waals surface area contributed by atoms with Crippen molar-refractivity contribution in [3.63, 3.8) is 0 Å². The fourth-order valence-electron chi connectivity index (χ4n) is 4.44. The zero-order chi connectivity index (χ0) is 19.0. The van der Waals surface area contributed by atoms with Crippen molar-refractivity contribution < 1.29 is 14.1 Å². The highest BCUT2D eigenvalue weighted by Gasteiger charge is 2.35. The van der Waals surface area contributed by atoms with E-state index in [2.05, 4.69) is 17.4 Å². The summed E-state index contributed by atoms with van der Waals surface area (Å²) < 4.78 is 5.36. The van der Waals surface area contributed by atoms with Crippen molar-refractivity contribution >= 4 is 11.8 Å². The van der Waals surface area contributed by atoms with Crippen molar-refractivity contribution in [3.05, 3.63) is 17.0 Å². The summed E-state index contributed by atoms with van der Waals surface area (Å²) in [5, 5.41) is 6.96. The predicted molar refractivity (Wildman–Crippen MR) is 101 cm³/mol. The number of carbonyl (C=O) groups excluding carboxylic acids is 2. The third-order valence-electron chi connectivity index (χ3n) is 6.28. The lowest BCUT2D eigenvalue weighted by Crippen LogP contribution is -2.40. The third-order valence-corrected chi connectivity index (χ3v) is 6.28. The average molecular weight is 373 g/mol. The number of hydrogen-bond acceptors (Lipinski definition) is 4. The van der Waals surface area contributed by atoms with Gasteiger partial charge in [-0.15, -0.1) is 0 Å². The van der Waals surface area contributed by atoms with E-state index >= 15 is 0 Å². The van der Waals surface area contributed by atoms with E-state index in [4.69, 9.17) is 4.52 Å². The zero-order valence-electron chi connectivity index (χ0n) is 16.5. The molecule has 0 saturated heterocycles. The van der Waals surface area contributed by atoms with Gasteiger partial charge in [-0.25, -0.2) is 0 Å². The summed E-state index contributed by atoms with van der Waals surface area (Å²) in [6, 6.07) is 0.382. The lowest BCUT2D eigenvalue weighted by Gasteiger charge is -2.24. The first-order valence-electron chi connectivity index (χ1n) is 10.6. The molecule has 0 aliphatic heterocycles. The van der Waals surface area contributed by atoms with Crippen LogP contribution in [0.1, 0.15) is 86.0 Å². The Labute approximate surface area is 161 Å². The summed E-state index contributed by atoms with van der Waals surface area (Å²) in [7, 11) is 0. The molecule has 1 aromatic rings. The van der Waals surface area contributed by atoms with Crippen LogP contribution < -0.4 is 5.32 Å². The average Bonchev–Trinajstić information content (AvgIpc) is 3.55. The summed E-state index contributed by atoms with van der Waals surface area (Å²) in [6.45, 7) is 5.17. The first-order valence-corrected chi connectivity index (χ1v) is 10.6. The van der Waals surface area contributed by atoms with E-state index in [0.29, 0.717) is 48.6 Å². The number of nitrogens with zero attached hydrogens (tertiary/aromatic N) is 2. The van der Waals surface area contributed by atoms with Crippen LogP contribution in [0, 0.1) is 18.8 Å². The Hall–Kier alpha value is -1.85. The molecule has 1 heterocycles. The number of aryl methyl sites for hydroxylation is 1. The van der Waals surface area contributed by atoms with Gasteiger partial charge in [0.05, 0.1) is 5.69 Å². The van der Waals surface area contributed by atoms with Crippen molar-refractivity contribution in [2.24, 2.45) is 11.8 Å². The normalized spacial score (nSPS) is 24.8. The molecule has 1 N–H and O–H groups in total. The predicted octanol–water partition coefficient (Wildman–Crippen LogP) is 3.41. The van der Waals surface area contributed by atoms with Crippen molar-refractivity contribution in [3.8, 4) is 0 Å². The Morgan fingerprint density at radius 3 is 2.59 bits per heavy atom. The van der Waals surface area contributed by atoms with Gasteiger partial charge >= 0.3 is 0 Å². The van der Waals surface area contributed by atoms with Crippen molar-refractivity contribution in [1.82, 2.24) is 15.4 Å². The van der Waals surface area contributed by atoms with Crippen LogP contribution in [0.15, 0.2) is 4.52 Å². The summed E-state index contributed by atoms with van der Waals surface area (Å²) in [4.78, 5) is 27.4. The molecule has 2 amide bonds. The number of rotatable bonds is 8. The highest BCUT2D eigenvalue weighted by Crippen LogP contribution is 2.42. The molecule has 4 rings (SSSR count). The topological polar surface area (TPSA) is 75.4 Å². The van der Waals surface area contributed by atoms with E-state index in [0.717, 1.165) is 37.4 Å².